The van der Waals surface area contributed by atoms with Crippen molar-refractivity contribution in [1.82, 2.24) is 0 Å². The van der Waals surface area contributed by atoms with Crippen molar-refractivity contribution in [2.45, 2.75) is 19.3 Å². The second-order valence-electron chi connectivity index (χ2n) is 5.57. The number of benzene rings is 2. The zero-order valence-electron chi connectivity index (χ0n) is 13.1. The number of hydrogen-bond acceptors (Lipinski definition) is 2. The van der Waals surface area contributed by atoms with Crippen LogP contribution < -0.4 is 9.47 Å². The van der Waals surface area contributed by atoms with Crippen LogP contribution in [-0.4, -0.2) is 14.2 Å². The molecule has 0 spiro atoms. The van der Waals surface area contributed by atoms with Crippen molar-refractivity contribution in [2.24, 2.45) is 0 Å². The summed E-state index contributed by atoms with van der Waals surface area (Å²) < 4.78 is 64.9. The van der Waals surface area contributed by atoms with Crippen molar-refractivity contribution in [3.05, 3.63) is 58.7 Å². The fraction of sp³-hybridized carbons (Fsp3) is 0.294. The van der Waals surface area contributed by atoms with Gasteiger partial charge in [-0.3, -0.25) is 0 Å². The fourth-order valence-electron chi connectivity index (χ4n) is 2.40. The third-order valence-corrected chi connectivity index (χ3v) is 3.85. The number of halogens is 4. The summed E-state index contributed by atoms with van der Waals surface area (Å²) in [7, 11) is 2.31. The molecule has 0 aromatic heterocycles. The first-order valence-corrected chi connectivity index (χ1v) is 6.79. The van der Waals surface area contributed by atoms with Crippen LogP contribution in [0.3, 0.4) is 0 Å². The molecule has 0 saturated carbocycles. The van der Waals surface area contributed by atoms with Crippen LogP contribution in [0.15, 0.2) is 24.3 Å². The van der Waals surface area contributed by atoms with E-state index in [9.17, 15) is 17.6 Å². The lowest BCUT2D eigenvalue weighted by molar-refractivity contribution is 0.356. The molecule has 0 bridgehead atoms. The molecule has 23 heavy (non-hydrogen) atoms. The van der Waals surface area contributed by atoms with E-state index in [-0.39, 0.29) is 11.1 Å². The summed E-state index contributed by atoms with van der Waals surface area (Å²) in [5, 5.41) is 0. The maximum absolute atomic E-state index is 13.9. The van der Waals surface area contributed by atoms with E-state index in [1.165, 1.54) is 0 Å². The largest absolute Gasteiger partial charge is 0.491 e. The Kier molecular flexibility index (Phi) is 4.54. The van der Waals surface area contributed by atoms with Gasteiger partial charge < -0.3 is 9.47 Å². The normalized spacial score (nSPS) is 11.5. The number of ether oxygens (including phenoxy) is 2. The molecule has 0 aliphatic rings. The molecule has 0 amide bonds. The molecule has 2 rings (SSSR count). The van der Waals surface area contributed by atoms with E-state index in [2.05, 4.69) is 9.47 Å². The SMILES string of the molecule is COc1c(F)cc(C(C)(C)c2cc(F)c(OC)c(F)c2)cc1F. The van der Waals surface area contributed by atoms with Crippen molar-refractivity contribution in [3.8, 4) is 11.5 Å². The predicted octanol–water partition coefficient (Wildman–Crippen LogP) is 4.59. The van der Waals surface area contributed by atoms with E-state index in [0.29, 0.717) is 0 Å². The lowest BCUT2D eigenvalue weighted by Crippen LogP contribution is -2.20. The van der Waals surface area contributed by atoms with Crippen LogP contribution in [0.1, 0.15) is 25.0 Å². The highest BCUT2D eigenvalue weighted by atomic mass is 19.1. The van der Waals surface area contributed by atoms with Crippen LogP contribution in [0, 0.1) is 23.3 Å². The van der Waals surface area contributed by atoms with Gasteiger partial charge >= 0.3 is 0 Å². The number of rotatable bonds is 4. The highest BCUT2D eigenvalue weighted by molar-refractivity contribution is 5.44. The van der Waals surface area contributed by atoms with Crippen molar-refractivity contribution < 1.29 is 27.0 Å². The summed E-state index contributed by atoms with van der Waals surface area (Å²) >= 11 is 0. The molecule has 2 aromatic rings. The first-order valence-electron chi connectivity index (χ1n) is 6.79. The molecular weight excluding hydrogens is 312 g/mol. The Labute approximate surface area is 131 Å². The van der Waals surface area contributed by atoms with Gasteiger partial charge in [-0.05, 0) is 35.4 Å². The third kappa shape index (κ3) is 2.98. The van der Waals surface area contributed by atoms with Gasteiger partial charge in [0.2, 0.25) is 0 Å². The molecule has 0 fully saturated rings. The van der Waals surface area contributed by atoms with Crippen LogP contribution in [-0.2, 0) is 5.41 Å². The van der Waals surface area contributed by atoms with Gasteiger partial charge in [0, 0.05) is 5.41 Å². The minimum Gasteiger partial charge on any atom is -0.491 e. The quantitative estimate of drug-likeness (QED) is 0.765. The van der Waals surface area contributed by atoms with E-state index >= 15 is 0 Å². The van der Waals surface area contributed by atoms with Crippen molar-refractivity contribution in [3.63, 3.8) is 0 Å². The minimum absolute atomic E-state index is 0.220. The molecule has 0 N–H and O–H groups in total. The highest BCUT2D eigenvalue weighted by Crippen LogP contribution is 2.37. The first-order chi connectivity index (χ1) is 10.7. The van der Waals surface area contributed by atoms with Crippen molar-refractivity contribution >= 4 is 0 Å². The highest BCUT2D eigenvalue weighted by Gasteiger charge is 2.28. The number of methoxy groups -OCH3 is 2. The summed E-state index contributed by atoms with van der Waals surface area (Å²) in [6.45, 7) is 3.21. The molecule has 0 heterocycles. The van der Waals surface area contributed by atoms with Gasteiger partial charge in [0.1, 0.15) is 0 Å². The molecular formula is C17H16F4O2. The molecule has 124 valence electrons. The van der Waals surface area contributed by atoms with Gasteiger partial charge in [0.05, 0.1) is 14.2 Å². The van der Waals surface area contributed by atoms with E-state index in [4.69, 9.17) is 0 Å². The lowest BCUT2D eigenvalue weighted by atomic mass is 9.78. The average Bonchev–Trinajstić information content (AvgIpc) is 2.46. The van der Waals surface area contributed by atoms with Crippen molar-refractivity contribution in [1.29, 1.82) is 0 Å². The average molecular weight is 328 g/mol. The van der Waals surface area contributed by atoms with Crippen LogP contribution in [0.4, 0.5) is 17.6 Å². The molecule has 0 aliphatic heterocycles. The molecule has 0 aliphatic carbocycles. The summed E-state index contributed by atoms with van der Waals surface area (Å²) in [6.07, 6.45) is 0. The monoisotopic (exact) mass is 328 g/mol. The summed E-state index contributed by atoms with van der Waals surface area (Å²) in [5.41, 5.74) is -0.600. The molecule has 0 unspecified atom stereocenters. The fourth-order valence-corrected chi connectivity index (χ4v) is 2.40. The maximum atomic E-state index is 13.9. The molecule has 2 aromatic carbocycles. The van der Waals surface area contributed by atoms with Gasteiger partial charge in [0.15, 0.2) is 34.8 Å². The third-order valence-electron chi connectivity index (χ3n) is 3.85. The van der Waals surface area contributed by atoms with Crippen LogP contribution in [0.5, 0.6) is 11.5 Å². The number of hydrogen-bond donors (Lipinski definition) is 0. The molecule has 0 radical (unpaired) electrons. The minimum atomic E-state index is -1.04. The molecule has 6 heteroatoms. The smallest absolute Gasteiger partial charge is 0.190 e. The Bertz CT molecular complexity index is 634. The summed E-state index contributed by atoms with van der Waals surface area (Å²) in [5.74, 6) is -4.54. The maximum Gasteiger partial charge on any atom is 0.190 e. The Morgan fingerprint density at radius 2 is 0.913 bits per heavy atom. The molecule has 2 nitrogen and oxygen atoms in total. The second-order valence-corrected chi connectivity index (χ2v) is 5.57. The summed E-state index contributed by atoms with van der Waals surface area (Å²) in [6, 6.07) is 4.34. The van der Waals surface area contributed by atoms with E-state index < -0.39 is 40.2 Å². The Morgan fingerprint density at radius 3 is 1.13 bits per heavy atom. The van der Waals surface area contributed by atoms with Gasteiger partial charge in [0.25, 0.3) is 0 Å². The van der Waals surface area contributed by atoms with Gasteiger partial charge in [-0.1, -0.05) is 13.8 Å². The van der Waals surface area contributed by atoms with Gasteiger partial charge in [-0.15, -0.1) is 0 Å². The summed E-state index contributed by atoms with van der Waals surface area (Å²) in [4.78, 5) is 0. The van der Waals surface area contributed by atoms with E-state index in [0.717, 1.165) is 38.5 Å². The van der Waals surface area contributed by atoms with E-state index in [1.54, 1.807) is 13.8 Å². The topological polar surface area (TPSA) is 18.5 Å². The van der Waals surface area contributed by atoms with Crippen molar-refractivity contribution in [2.75, 3.05) is 14.2 Å². The van der Waals surface area contributed by atoms with Gasteiger partial charge in [-0.25, -0.2) is 17.6 Å². The molecule has 0 saturated heterocycles. The van der Waals surface area contributed by atoms with Crippen LogP contribution in [0.2, 0.25) is 0 Å². The standard InChI is InChI=1S/C17H16F4O2/c1-17(2,9-5-11(18)15(22-3)12(19)6-9)10-7-13(20)16(23-4)14(21)8-10/h5-8H,1-4H3. The van der Waals surface area contributed by atoms with Crippen LogP contribution >= 0.6 is 0 Å². The predicted molar refractivity (Wildman–Crippen MR) is 77.9 cm³/mol. The second kappa shape index (κ2) is 6.10. The van der Waals surface area contributed by atoms with E-state index in [1.807, 2.05) is 0 Å². The Balaban J connectivity index is 2.59. The molecule has 0 atom stereocenters. The zero-order valence-corrected chi connectivity index (χ0v) is 13.1. The Hall–Kier alpha value is -2.24. The first kappa shape index (κ1) is 17.1. The zero-order chi connectivity index (χ0) is 17.4. The van der Waals surface area contributed by atoms with Gasteiger partial charge in [-0.2, -0.15) is 0 Å². The lowest BCUT2D eigenvalue weighted by Gasteiger charge is -2.27. The Morgan fingerprint density at radius 1 is 0.652 bits per heavy atom. The van der Waals surface area contributed by atoms with Crippen LogP contribution in [0.25, 0.3) is 0 Å².